The Morgan fingerprint density at radius 3 is 2.84 bits per heavy atom. The third-order valence-electron chi connectivity index (χ3n) is 3.24. The minimum Gasteiger partial charge on any atom is -0.396 e. The van der Waals surface area contributed by atoms with Crippen LogP contribution in [-0.2, 0) is 11.3 Å². The van der Waals surface area contributed by atoms with Crippen molar-refractivity contribution < 1.29 is 14.7 Å². The van der Waals surface area contributed by atoms with Gasteiger partial charge in [0.2, 0.25) is 5.91 Å². The normalized spacial score (nSPS) is 22.7. The van der Waals surface area contributed by atoms with Crippen molar-refractivity contribution in [3.8, 4) is 0 Å². The number of aromatic nitrogens is 2. The summed E-state index contributed by atoms with van der Waals surface area (Å²) in [5, 5.41) is 13.6. The summed E-state index contributed by atoms with van der Waals surface area (Å²) in [5.74, 6) is -1.07. The van der Waals surface area contributed by atoms with E-state index in [9.17, 15) is 14.7 Å². The molecule has 8 heteroatoms. The van der Waals surface area contributed by atoms with Crippen LogP contribution in [-0.4, -0.2) is 50.3 Å². The van der Waals surface area contributed by atoms with Gasteiger partial charge in [0, 0.05) is 19.5 Å². The zero-order valence-corrected chi connectivity index (χ0v) is 10.6. The Morgan fingerprint density at radius 1 is 1.58 bits per heavy atom. The number of aliphatic hydroxyl groups excluding tert-OH is 1. The maximum atomic E-state index is 12.4. The van der Waals surface area contributed by atoms with Crippen LogP contribution in [0.3, 0.4) is 0 Å². The van der Waals surface area contributed by atoms with Crippen LogP contribution in [0.25, 0.3) is 0 Å². The molecule has 0 spiro atoms. The Labute approximate surface area is 110 Å². The fourth-order valence-electron chi connectivity index (χ4n) is 2.32. The zero-order valence-electron chi connectivity index (χ0n) is 10.6. The third kappa shape index (κ3) is 2.26. The van der Waals surface area contributed by atoms with Gasteiger partial charge in [0.25, 0.3) is 5.91 Å². The van der Waals surface area contributed by atoms with Crippen LogP contribution in [0.15, 0.2) is 6.20 Å². The Balaban J connectivity index is 2.33. The van der Waals surface area contributed by atoms with Gasteiger partial charge in [0.1, 0.15) is 11.7 Å². The number of primary amides is 1. The highest BCUT2D eigenvalue weighted by molar-refractivity contribution is 6.00. The highest BCUT2D eigenvalue weighted by Gasteiger charge is 2.39. The minimum atomic E-state index is -0.804. The minimum absolute atomic E-state index is 0.0702. The van der Waals surface area contributed by atoms with E-state index in [0.717, 1.165) is 0 Å². The summed E-state index contributed by atoms with van der Waals surface area (Å²) in [6.45, 7) is 2.38. The van der Waals surface area contributed by atoms with Crippen molar-refractivity contribution in [2.75, 3.05) is 12.3 Å². The van der Waals surface area contributed by atoms with Crippen LogP contribution in [0, 0.1) is 0 Å². The van der Waals surface area contributed by atoms with Crippen molar-refractivity contribution >= 4 is 17.5 Å². The van der Waals surface area contributed by atoms with Gasteiger partial charge in [-0.2, -0.15) is 5.10 Å². The Hall–Kier alpha value is -2.09. The summed E-state index contributed by atoms with van der Waals surface area (Å²) in [5.41, 5.74) is 11.5. The Morgan fingerprint density at radius 2 is 2.26 bits per heavy atom. The lowest BCUT2D eigenvalue weighted by molar-refractivity contribution is -0.121. The second-order valence-electron chi connectivity index (χ2n) is 4.53. The smallest absolute Gasteiger partial charge is 0.275 e. The van der Waals surface area contributed by atoms with E-state index in [1.165, 1.54) is 15.8 Å². The lowest BCUT2D eigenvalue weighted by atomic mass is 10.2. The predicted molar refractivity (Wildman–Crippen MR) is 67.0 cm³/mol. The molecule has 2 heterocycles. The number of hydrogen-bond donors (Lipinski definition) is 3. The Kier molecular flexibility index (Phi) is 3.43. The maximum absolute atomic E-state index is 12.4. The van der Waals surface area contributed by atoms with Gasteiger partial charge >= 0.3 is 0 Å². The quantitative estimate of drug-likeness (QED) is 0.617. The number of nitrogen functional groups attached to an aromatic ring is 1. The lowest BCUT2D eigenvalue weighted by Gasteiger charge is -2.22. The van der Waals surface area contributed by atoms with E-state index in [2.05, 4.69) is 5.10 Å². The van der Waals surface area contributed by atoms with Gasteiger partial charge in [0.05, 0.1) is 18.0 Å². The molecule has 2 unspecified atom stereocenters. The monoisotopic (exact) mass is 267 g/mol. The first kappa shape index (κ1) is 13.3. The molecule has 0 aliphatic carbocycles. The van der Waals surface area contributed by atoms with E-state index < -0.39 is 24.0 Å². The number of likely N-dealkylation sites (tertiary alicyclic amines) is 1. The van der Waals surface area contributed by atoms with Crippen molar-refractivity contribution in [3.63, 3.8) is 0 Å². The second kappa shape index (κ2) is 4.88. The van der Waals surface area contributed by atoms with Crippen molar-refractivity contribution in [1.29, 1.82) is 0 Å². The van der Waals surface area contributed by atoms with Crippen LogP contribution in [0.1, 0.15) is 23.8 Å². The molecule has 0 bridgehead atoms. The van der Waals surface area contributed by atoms with Crippen molar-refractivity contribution in [1.82, 2.24) is 14.7 Å². The number of aryl methyl sites for hydroxylation is 1. The summed E-state index contributed by atoms with van der Waals surface area (Å²) in [4.78, 5) is 25.0. The molecule has 1 fully saturated rings. The molecular formula is C11H17N5O3. The molecular weight excluding hydrogens is 250 g/mol. The molecule has 19 heavy (non-hydrogen) atoms. The SMILES string of the molecule is CCn1ncc(N)c1C(=O)N1CC(O)CC1C(N)=O. The fourth-order valence-corrected chi connectivity index (χ4v) is 2.32. The van der Waals surface area contributed by atoms with Crippen molar-refractivity contribution in [2.45, 2.75) is 32.0 Å². The number of hydrogen-bond acceptors (Lipinski definition) is 5. The highest BCUT2D eigenvalue weighted by atomic mass is 16.3. The van der Waals surface area contributed by atoms with Crippen LogP contribution in [0.4, 0.5) is 5.69 Å². The molecule has 0 radical (unpaired) electrons. The van der Waals surface area contributed by atoms with Crippen LogP contribution >= 0.6 is 0 Å². The summed E-state index contributed by atoms with van der Waals surface area (Å²) in [7, 11) is 0. The number of nitrogens with two attached hydrogens (primary N) is 2. The van der Waals surface area contributed by atoms with Gasteiger partial charge in [-0.3, -0.25) is 14.3 Å². The molecule has 8 nitrogen and oxygen atoms in total. The molecule has 2 rings (SSSR count). The average Bonchev–Trinajstić information content (AvgIpc) is 2.91. The topological polar surface area (TPSA) is 127 Å². The number of anilines is 1. The third-order valence-corrected chi connectivity index (χ3v) is 3.24. The number of nitrogens with zero attached hydrogens (tertiary/aromatic N) is 3. The summed E-state index contributed by atoms with van der Waals surface area (Å²) < 4.78 is 1.46. The van der Waals surface area contributed by atoms with E-state index in [1.54, 1.807) is 0 Å². The van der Waals surface area contributed by atoms with Gasteiger partial charge in [-0.15, -0.1) is 0 Å². The number of rotatable bonds is 3. The molecule has 104 valence electrons. The first-order valence-corrected chi connectivity index (χ1v) is 6.05. The van der Waals surface area contributed by atoms with E-state index >= 15 is 0 Å². The average molecular weight is 267 g/mol. The second-order valence-corrected chi connectivity index (χ2v) is 4.53. The largest absolute Gasteiger partial charge is 0.396 e. The maximum Gasteiger partial charge on any atom is 0.275 e. The molecule has 1 aromatic rings. The van der Waals surface area contributed by atoms with Gasteiger partial charge < -0.3 is 21.5 Å². The van der Waals surface area contributed by atoms with Crippen LogP contribution < -0.4 is 11.5 Å². The van der Waals surface area contributed by atoms with Crippen molar-refractivity contribution in [2.24, 2.45) is 5.73 Å². The Bertz CT molecular complexity index is 512. The van der Waals surface area contributed by atoms with E-state index in [1.807, 2.05) is 6.92 Å². The number of aliphatic hydroxyl groups is 1. The molecule has 1 aromatic heterocycles. The number of amides is 2. The van der Waals surface area contributed by atoms with E-state index in [0.29, 0.717) is 6.54 Å². The molecule has 0 aromatic carbocycles. The first-order chi connectivity index (χ1) is 8.95. The van der Waals surface area contributed by atoms with Crippen LogP contribution in [0.5, 0.6) is 0 Å². The van der Waals surface area contributed by atoms with E-state index in [4.69, 9.17) is 11.5 Å². The number of carbonyl (C=O) groups is 2. The first-order valence-electron chi connectivity index (χ1n) is 6.05. The van der Waals surface area contributed by atoms with Gasteiger partial charge in [-0.25, -0.2) is 0 Å². The molecule has 1 aliphatic rings. The molecule has 1 aliphatic heterocycles. The zero-order chi connectivity index (χ0) is 14.2. The van der Waals surface area contributed by atoms with E-state index in [-0.39, 0.29) is 24.3 Å². The lowest BCUT2D eigenvalue weighted by Crippen LogP contribution is -2.44. The standard InChI is InChI=1S/C11H17N5O3/c1-2-16-9(7(12)4-14-16)11(19)15-5-6(17)3-8(15)10(13)18/h4,6,8,17H,2-3,5,12H2,1H3,(H2,13,18). The summed E-state index contributed by atoms with van der Waals surface area (Å²) in [6, 6.07) is -0.804. The highest BCUT2D eigenvalue weighted by Crippen LogP contribution is 2.22. The molecule has 2 atom stereocenters. The van der Waals surface area contributed by atoms with Gasteiger partial charge in [0.15, 0.2) is 0 Å². The fraction of sp³-hybridized carbons (Fsp3) is 0.545. The molecule has 0 saturated carbocycles. The predicted octanol–water partition coefficient (Wildman–Crippen LogP) is -1.45. The number of carbonyl (C=O) groups excluding carboxylic acids is 2. The molecule has 1 saturated heterocycles. The van der Waals surface area contributed by atoms with Crippen molar-refractivity contribution in [3.05, 3.63) is 11.9 Å². The summed E-state index contributed by atoms with van der Waals surface area (Å²) >= 11 is 0. The molecule has 2 amide bonds. The summed E-state index contributed by atoms with van der Waals surface area (Å²) in [6.07, 6.45) is 0.796. The van der Waals surface area contributed by atoms with Gasteiger partial charge in [-0.1, -0.05) is 0 Å². The number of β-amino-alcohol motifs (C(OH)–C–C–N with tert-alkyl or cyclic N) is 1. The van der Waals surface area contributed by atoms with Crippen LogP contribution in [0.2, 0.25) is 0 Å². The molecule has 5 N–H and O–H groups in total. The van der Waals surface area contributed by atoms with Gasteiger partial charge in [-0.05, 0) is 6.92 Å².